The predicted molar refractivity (Wildman–Crippen MR) is 45.7 cm³/mol. The van der Waals surface area contributed by atoms with Crippen molar-refractivity contribution in [2.45, 2.75) is 26.8 Å². The summed E-state index contributed by atoms with van der Waals surface area (Å²) in [5.74, 6) is 0. The Morgan fingerprint density at radius 2 is 2.36 bits per heavy atom. The third-order valence-electron chi connectivity index (χ3n) is 1.68. The van der Waals surface area contributed by atoms with Crippen LogP contribution in [0.5, 0.6) is 0 Å². The third kappa shape index (κ3) is 2.01. The van der Waals surface area contributed by atoms with Crippen LogP contribution in [-0.4, -0.2) is 11.7 Å². The van der Waals surface area contributed by atoms with Gasteiger partial charge in [0.05, 0.1) is 4.88 Å². The molecule has 1 N–H and O–H groups in total. The van der Waals surface area contributed by atoms with E-state index in [1.807, 2.05) is 0 Å². The van der Waals surface area contributed by atoms with Crippen LogP contribution in [0.2, 0.25) is 0 Å². The molecule has 0 atom stereocenters. The molecule has 62 valence electrons. The Morgan fingerprint density at radius 1 is 1.64 bits per heavy atom. The minimum atomic E-state index is 0.254. The lowest BCUT2D eigenvalue weighted by molar-refractivity contribution is -0.694. The van der Waals surface area contributed by atoms with Gasteiger partial charge in [0, 0.05) is 20.0 Å². The number of hydrogen-bond acceptors (Lipinski definition) is 2. The molecule has 1 rings (SSSR count). The molecule has 0 saturated carbocycles. The van der Waals surface area contributed by atoms with Crippen LogP contribution in [-0.2, 0) is 13.0 Å². The summed E-state index contributed by atoms with van der Waals surface area (Å²) in [4.78, 5) is 1.27. The zero-order valence-corrected chi connectivity index (χ0v) is 7.82. The minimum Gasteiger partial charge on any atom is -0.396 e. The van der Waals surface area contributed by atoms with Gasteiger partial charge in [0.1, 0.15) is 6.54 Å². The van der Waals surface area contributed by atoms with E-state index in [9.17, 15) is 0 Å². The summed E-state index contributed by atoms with van der Waals surface area (Å²) in [5.41, 5.74) is 0. The summed E-state index contributed by atoms with van der Waals surface area (Å²) in [5, 5.41) is 10.0. The molecule has 0 bridgehead atoms. The molecule has 11 heavy (non-hydrogen) atoms. The highest BCUT2D eigenvalue weighted by atomic mass is 32.1. The van der Waals surface area contributed by atoms with E-state index in [1.165, 1.54) is 9.88 Å². The smallest absolute Gasteiger partial charge is 0.234 e. The summed E-state index contributed by atoms with van der Waals surface area (Å²) in [7, 11) is 0. The molecule has 0 aromatic carbocycles. The summed E-state index contributed by atoms with van der Waals surface area (Å²) < 4.78 is 2.20. The lowest BCUT2D eigenvalue weighted by Gasteiger charge is -1.84. The average molecular weight is 172 g/mol. The van der Waals surface area contributed by atoms with Gasteiger partial charge in [-0.05, 0) is 6.92 Å². The monoisotopic (exact) mass is 172 g/mol. The van der Waals surface area contributed by atoms with Crippen molar-refractivity contribution >= 4 is 11.3 Å². The van der Waals surface area contributed by atoms with Gasteiger partial charge in [-0.2, -0.15) is 4.57 Å². The molecule has 0 radical (unpaired) electrons. The van der Waals surface area contributed by atoms with Crippen molar-refractivity contribution < 1.29 is 9.67 Å². The standard InChI is InChI=1S/C8H14NOS/c1-3-9-6-8(4-5-10)11-7(9)2/h6,10H,3-5H2,1-2H3/q+1. The normalized spacial score (nSPS) is 10.5. The molecule has 1 heterocycles. The molecule has 0 aliphatic carbocycles. The van der Waals surface area contributed by atoms with Crippen LogP contribution in [0.4, 0.5) is 0 Å². The molecule has 0 amide bonds. The topological polar surface area (TPSA) is 24.1 Å². The van der Waals surface area contributed by atoms with E-state index in [1.54, 1.807) is 11.3 Å². The fourth-order valence-corrected chi connectivity index (χ4v) is 2.13. The zero-order chi connectivity index (χ0) is 8.27. The van der Waals surface area contributed by atoms with Crippen LogP contribution in [0.25, 0.3) is 0 Å². The highest BCUT2D eigenvalue weighted by Crippen LogP contribution is 2.09. The molecule has 1 aromatic heterocycles. The van der Waals surface area contributed by atoms with E-state index >= 15 is 0 Å². The number of aliphatic hydroxyl groups is 1. The van der Waals surface area contributed by atoms with E-state index < -0.39 is 0 Å². The van der Waals surface area contributed by atoms with Crippen molar-refractivity contribution in [3.05, 3.63) is 16.1 Å². The fraction of sp³-hybridized carbons (Fsp3) is 0.625. The lowest BCUT2D eigenvalue weighted by Crippen LogP contribution is -2.32. The first-order valence-electron chi connectivity index (χ1n) is 3.87. The number of hydrogen-bond donors (Lipinski definition) is 1. The molecule has 0 aliphatic heterocycles. The van der Waals surface area contributed by atoms with E-state index in [4.69, 9.17) is 5.11 Å². The number of rotatable bonds is 3. The maximum Gasteiger partial charge on any atom is 0.234 e. The largest absolute Gasteiger partial charge is 0.396 e. The summed E-state index contributed by atoms with van der Waals surface area (Å²) in [6.45, 7) is 5.51. The molecule has 0 aliphatic rings. The van der Waals surface area contributed by atoms with E-state index in [0.717, 1.165) is 13.0 Å². The van der Waals surface area contributed by atoms with Gasteiger partial charge in [-0.25, -0.2) is 0 Å². The third-order valence-corrected chi connectivity index (χ3v) is 2.78. The van der Waals surface area contributed by atoms with Crippen LogP contribution >= 0.6 is 11.3 Å². The van der Waals surface area contributed by atoms with Crippen molar-refractivity contribution in [3.63, 3.8) is 0 Å². The van der Waals surface area contributed by atoms with Gasteiger partial charge in [0.15, 0.2) is 6.20 Å². The van der Waals surface area contributed by atoms with Crippen LogP contribution in [0.1, 0.15) is 16.8 Å². The first-order valence-corrected chi connectivity index (χ1v) is 4.69. The van der Waals surface area contributed by atoms with E-state index in [-0.39, 0.29) is 6.61 Å². The van der Waals surface area contributed by atoms with Crippen molar-refractivity contribution in [2.75, 3.05) is 6.61 Å². The Bertz CT molecular complexity index is 232. The molecule has 3 heteroatoms. The number of aryl methyl sites for hydroxylation is 2. The Labute approximate surface area is 71.1 Å². The van der Waals surface area contributed by atoms with Gasteiger partial charge in [0.25, 0.3) is 0 Å². The van der Waals surface area contributed by atoms with Crippen molar-refractivity contribution in [1.82, 2.24) is 0 Å². The summed E-state index contributed by atoms with van der Waals surface area (Å²) in [6, 6.07) is 0. The maximum absolute atomic E-state index is 8.69. The molecule has 0 spiro atoms. The number of nitrogens with zero attached hydrogens (tertiary/aromatic N) is 1. The van der Waals surface area contributed by atoms with Gasteiger partial charge < -0.3 is 5.11 Å². The van der Waals surface area contributed by atoms with Gasteiger partial charge in [-0.15, -0.1) is 0 Å². The second-order valence-corrected chi connectivity index (χ2v) is 3.80. The Morgan fingerprint density at radius 3 is 2.82 bits per heavy atom. The quantitative estimate of drug-likeness (QED) is 0.673. The van der Waals surface area contributed by atoms with Crippen molar-refractivity contribution in [3.8, 4) is 0 Å². The van der Waals surface area contributed by atoms with Gasteiger partial charge in [-0.3, -0.25) is 0 Å². The fourth-order valence-electron chi connectivity index (χ4n) is 1.08. The molecular weight excluding hydrogens is 158 g/mol. The van der Waals surface area contributed by atoms with Gasteiger partial charge in [-0.1, -0.05) is 11.3 Å². The van der Waals surface area contributed by atoms with Crippen molar-refractivity contribution in [2.24, 2.45) is 0 Å². The summed E-state index contributed by atoms with van der Waals surface area (Å²) in [6.07, 6.45) is 2.91. The first kappa shape index (κ1) is 8.68. The second kappa shape index (κ2) is 3.83. The van der Waals surface area contributed by atoms with Gasteiger partial charge in [0.2, 0.25) is 5.01 Å². The molecular formula is C8H14NOS+. The zero-order valence-electron chi connectivity index (χ0n) is 7.00. The van der Waals surface area contributed by atoms with E-state index in [0.29, 0.717) is 0 Å². The molecule has 0 fully saturated rings. The average Bonchev–Trinajstić information content (AvgIpc) is 2.32. The maximum atomic E-state index is 8.69. The predicted octanol–water partition coefficient (Wildman–Crippen LogP) is 0.899. The highest BCUT2D eigenvalue weighted by molar-refractivity contribution is 7.11. The number of aromatic nitrogens is 1. The Hall–Kier alpha value is -0.410. The van der Waals surface area contributed by atoms with Crippen LogP contribution in [0, 0.1) is 6.92 Å². The molecule has 0 unspecified atom stereocenters. The number of aliphatic hydroxyl groups excluding tert-OH is 1. The van der Waals surface area contributed by atoms with Crippen LogP contribution in [0.15, 0.2) is 6.20 Å². The lowest BCUT2D eigenvalue weighted by atomic mass is 10.4. The van der Waals surface area contributed by atoms with Crippen molar-refractivity contribution in [1.29, 1.82) is 0 Å². The SMILES string of the molecule is CC[n+]1cc(CCO)sc1C. The van der Waals surface area contributed by atoms with E-state index in [2.05, 4.69) is 24.6 Å². The van der Waals surface area contributed by atoms with Gasteiger partial charge >= 0.3 is 0 Å². The van der Waals surface area contributed by atoms with Crippen LogP contribution < -0.4 is 4.57 Å². The Kier molecular flexibility index (Phi) is 3.02. The molecule has 2 nitrogen and oxygen atoms in total. The Balaban J connectivity index is 2.77. The highest BCUT2D eigenvalue weighted by Gasteiger charge is 2.09. The minimum absolute atomic E-state index is 0.254. The molecule has 0 saturated heterocycles. The summed E-state index contributed by atoms with van der Waals surface area (Å²) >= 11 is 1.77. The molecule has 1 aromatic rings. The first-order chi connectivity index (χ1) is 5.27. The van der Waals surface area contributed by atoms with Crippen LogP contribution in [0.3, 0.4) is 0 Å². The number of thiazole rings is 1. The second-order valence-electron chi connectivity index (χ2n) is 2.48.